The number of nitrogens with zero attached hydrogens (tertiary/aromatic N) is 2. The maximum Gasteiger partial charge on any atom is 0.269 e. The van der Waals surface area contributed by atoms with E-state index in [1.807, 2.05) is 38.1 Å². The fourth-order valence-corrected chi connectivity index (χ4v) is 5.90. The summed E-state index contributed by atoms with van der Waals surface area (Å²) in [5.74, 6) is -1.13. The van der Waals surface area contributed by atoms with Crippen LogP contribution in [-0.2, 0) is 26.2 Å². The first-order chi connectivity index (χ1) is 16.6. The number of rotatable bonds is 10. The molecule has 1 aliphatic rings. The molecule has 1 heterocycles. The van der Waals surface area contributed by atoms with Crippen LogP contribution in [0.25, 0.3) is 0 Å². The van der Waals surface area contributed by atoms with Gasteiger partial charge in [0.2, 0.25) is 11.8 Å². The highest BCUT2D eigenvalue weighted by molar-refractivity contribution is 9.10. The van der Waals surface area contributed by atoms with E-state index in [1.54, 1.807) is 19.1 Å². The molecule has 0 radical (unpaired) electrons. The van der Waals surface area contributed by atoms with Crippen LogP contribution < -0.4 is 5.32 Å². The van der Waals surface area contributed by atoms with Crippen LogP contribution in [0.3, 0.4) is 0 Å². The molecule has 0 unspecified atom stereocenters. The average molecular weight is 565 g/mol. The van der Waals surface area contributed by atoms with Gasteiger partial charge in [-0.25, -0.2) is 12.7 Å². The van der Waals surface area contributed by atoms with Crippen molar-refractivity contribution in [3.05, 3.63) is 64.1 Å². The summed E-state index contributed by atoms with van der Waals surface area (Å²) in [6.07, 6.45) is 0.899. The Hall–Kier alpha value is -2.72. The van der Waals surface area contributed by atoms with Gasteiger partial charge in [-0.05, 0) is 56.5 Å². The number of benzene rings is 2. The van der Waals surface area contributed by atoms with Crippen molar-refractivity contribution in [2.75, 3.05) is 6.54 Å². The van der Waals surface area contributed by atoms with E-state index in [1.165, 1.54) is 17.0 Å². The van der Waals surface area contributed by atoms with Crippen molar-refractivity contribution in [3.8, 4) is 0 Å². The van der Waals surface area contributed by atoms with Crippen molar-refractivity contribution in [1.29, 1.82) is 0 Å². The summed E-state index contributed by atoms with van der Waals surface area (Å²) < 4.78 is 27.2. The van der Waals surface area contributed by atoms with E-state index < -0.39 is 22.0 Å². The van der Waals surface area contributed by atoms with Crippen LogP contribution in [0, 0.1) is 0 Å². The second-order valence-corrected chi connectivity index (χ2v) is 11.4. The van der Waals surface area contributed by atoms with Crippen LogP contribution in [0.1, 0.15) is 56.0 Å². The summed E-state index contributed by atoms with van der Waals surface area (Å²) in [5.41, 5.74) is 0.995. The Morgan fingerprint density at radius 2 is 1.83 bits per heavy atom. The highest BCUT2D eigenvalue weighted by Crippen LogP contribution is 2.30. The van der Waals surface area contributed by atoms with Gasteiger partial charge in [0.05, 0.1) is 5.56 Å². The molecule has 8 nitrogen and oxygen atoms in total. The molecular formula is C25H30BrN3O5S. The molecule has 1 aliphatic heterocycles. The van der Waals surface area contributed by atoms with Gasteiger partial charge in [0, 0.05) is 30.0 Å². The zero-order chi connectivity index (χ0) is 25.8. The molecule has 10 heteroatoms. The highest BCUT2D eigenvalue weighted by Gasteiger charge is 2.40. The monoisotopic (exact) mass is 563 g/mol. The predicted octanol–water partition coefficient (Wildman–Crippen LogP) is 3.71. The summed E-state index contributed by atoms with van der Waals surface area (Å²) in [5, 5.41) is 2.92. The maximum atomic E-state index is 13.2. The van der Waals surface area contributed by atoms with E-state index in [0.717, 1.165) is 20.8 Å². The first kappa shape index (κ1) is 26.9. The summed E-state index contributed by atoms with van der Waals surface area (Å²) in [6.45, 7) is 5.65. The lowest BCUT2D eigenvalue weighted by Crippen LogP contribution is -2.49. The third-order valence-corrected chi connectivity index (χ3v) is 8.41. The number of amides is 3. The van der Waals surface area contributed by atoms with Gasteiger partial charge in [-0.3, -0.25) is 14.4 Å². The van der Waals surface area contributed by atoms with Crippen molar-refractivity contribution in [2.24, 2.45) is 0 Å². The van der Waals surface area contributed by atoms with Crippen molar-refractivity contribution >= 4 is 43.7 Å². The minimum atomic E-state index is -3.92. The number of carbonyl (C=O) groups excluding carboxylic acids is 3. The number of nitrogens with one attached hydrogen (secondary N) is 1. The lowest BCUT2D eigenvalue weighted by molar-refractivity contribution is -0.141. The van der Waals surface area contributed by atoms with Crippen molar-refractivity contribution in [1.82, 2.24) is 14.5 Å². The molecule has 0 spiro atoms. The van der Waals surface area contributed by atoms with Crippen LogP contribution in [0.15, 0.2) is 57.9 Å². The first-order valence-electron chi connectivity index (χ1n) is 11.6. The van der Waals surface area contributed by atoms with E-state index >= 15 is 0 Å². The Labute approximate surface area is 214 Å². The molecule has 1 N–H and O–H groups in total. The van der Waals surface area contributed by atoms with Crippen molar-refractivity contribution in [3.63, 3.8) is 0 Å². The number of hydrogen-bond donors (Lipinski definition) is 1. The van der Waals surface area contributed by atoms with Crippen molar-refractivity contribution < 1.29 is 22.8 Å². The Balaban J connectivity index is 1.71. The Morgan fingerprint density at radius 3 is 2.49 bits per heavy atom. The third kappa shape index (κ3) is 6.10. The lowest BCUT2D eigenvalue weighted by atomic mass is 10.1. The molecule has 0 saturated heterocycles. The molecule has 3 amide bonds. The summed E-state index contributed by atoms with van der Waals surface area (Å²) in [6, 6.07) is 12.8. The van der Waals surface area contributed by atoms with E-state index in [-0.39, 0.29) is 54.2 Å². The van der Waals surface area contributed by atoms with E-state index in [0.29, 0.717) is 0 Å². The maximum absolute atomic E-state index is 13.2. The zero-order valence-corrected chi connectivity index (χ0v) is 22.4. The highest BCUT2D eigenvalue weighted by atomic mass is 79.9. The zero-order valence-electron chi connectivity index (χ0n) is 20.0. The van der Waals surface area contributed by atoms with Gasteiger partial charge in [-0.15, -0.1) is 0 Å². The number of hydrogen-bond acceptors (Lipinski definition) is 5. The van der Waals surface area contributed by atoms with Crippen LogP contribution in [0.2, 0.25) is 0 Å². The van der Waals surface area contributed by atoms with Gasteiger partial charge in [0.1, 0.15) is 10.9 Å². The van der Waals surface area contributed by atoms with Gasteiger partial charge >= 0.3 is 0 Å². The molecule has 2 atom stereocenters. The van der Waals surface area contributed by atoms with Gasteiger partial charge < -0.3 is 10.2 Å². The molecule has 2 aromatic carbocycles. The second-order valence-electron chi connectivity index (χ2n) is 8.63. The van der Waals surface area contributed by atoms with Crippen LogP contribution in [-0.4, -0.2) is 54.0 Å². The molecule has 3 rings (SSSR count). The Morgan fingerprint density at radius 1 is 1.11 bits per heavy atom. The molecule has 0 aromatic heterocycles. The fraction of sp³-hybridized carbons (Fsp3) is 0.400. The summed E-state index contributed by atoms with van der Waals surface area (Å²) >= 11 is 3.43. The third-order valence-electron chi connectivity index (χ3n) is 6.07. The van der Waals surface area contributed by atoms with Gasteiger partial charge in [0.25, 0.3) is 15.9 Å². The SMILES string of the molecule is CC[C@@H](C)NC(=O)[C@@H](C)N(Cc1cccc(Br)c1)C(=O)CCCN1C(=O)c2ccccc2S1(=O)=O. The number of halogens is 1. The number of carbonyl (C=O) groups is 3. The molecular weight excluding hydrogens is 534 g/mol. The van der Waals surface area contributed by atoms with Gasteiger partial charge in [0.15, 0.2) is 0 Å². The van der Waals surface area contributed by atoms with Crippen molar-refractivity contribution in [2.45, 2.75) is 63.6 Å². The topological polar surface area (TPSA) is 104 Å². The number of sulfonamides is 1. The molecule has 0 aliphatic carbocycles. The molecule has 2 aromatic rings. The van der Waals surface area contributed by atoms with Gasteiger partial charge in [-0.1, -0.05) is 47.1 Å². The minimum Gasteiger partial charge on any atom is -0.352 e. The molecule has 0 saturated carbocycles. The molecule has 35 heavy (non-hydrogen) atoms. The average Bonchev–Trinajstić information content (AvgIpc) is 3.02. The Bertz CT molecular complexity index is 1220. The van der Waals surface area contributed by atoms with Gasteiger partial charge in [-0.2, -0.15) is 0 Å². The predicted molar refractivity (Wildman–Crippen MR) is 136 cm³/mol. The molecule has 188 valence electrons. The van der Waals surface area contributed by atoms with E-state index in [4.69, 9.17) is 0 Å². The largest absolute Gasteiger partial charge is 0.352 e. The smallest absolute Gasteiger partial charge is 0.269 e. The molecule has 0 fully saturated rings. The number of fused-ring (bicyclic) bond motifs is 1. The minimum absolute atomic E-state index is 0.00933. The quantitative estimate of drug-likeness (QED) is 0.474. The first-order valence-corrected chi connectivity index (χ1v) is 13.8. The lowest BCUT2D eigenvalue weighted by Gasteiger charge is -2.30. The Kier molecular flexibility index (Phi) is 8.71. The second kappa shape index (κ2) is 11.3. The normalized spacial score (nSPS) is 15.9. The summed E-state index contributed by atoms with van der Waals surface area (Å²) in [7, 11) is -3.92. The van der Waals surface area contributed by atoms with E-state index in [9.17, 15) is 22.8 Å². The van der Waals surface area contributed by atoms with Crippen LogP contribution >= 0.6 is 15.9 Å². The fourth-order valence-electron chi connectivity index (χ4n) is 3.85. The van der Waals surface area contributed by atoms with Crippen LogP contribution in [0.5, 0.6) is 0 Å². The van der Waals surface area contributed by atoms with Crippen LogP contribution in [0.4, 0.5) is 0 Å². The molecule has 0 bridgehead atoms. The van der Waals surface area contributed by atoms with E-state index in [2.05, 4.69) is 21.2 Å². The standard InChI is InChI=1S/C25H30BrN3O5S/c1-4-17(2)27-24(31)18(3)28(16-19-9-7-10-20(26)15-19)23(30)13-8-14-29-25(32)21-11-5-6-12-22(21)35(29,33)34/h5-7,9-12,15,17-18H,4,8,13-14,16H2,1-3H3,(H,27,31)/t17-,18-/m1/s1. The summed E-state index contributed by atoms with van der Waals surface area (Å²) in [4.78, 5) is 40.2.